The molecule has 2 rings (SSSR count). The fourth-order valence-electron chi connectivity index (χ4n) is 2.84. The van der Waals surface area contributed by atoms with Crippen LogP contribution in [0.3, 0.4) is 0 Å². The Morgan fingerprint density at radius 1 is 1.22 bits per heavy atom. The van der Waals surface area contributed by atoms with Crippen molar-refractivity contribution in [2.45, 2.75) is 57.9 Å². The summed E-state index contributed by atoms with van der Waals surface area (Å²) in [6, 6.07) is 6.46. The highest BCUT2D eigenvalue weighted by Gasteiger charge is 2.40. The molecule has 146 valence electrons. The van der Waals surface area contributed by atoms with Crippen LogP contribution in [0.1, 0.15) is 56.8 Å². The number of amides is 1. The molecule has 1 heterocycles. The number of aryl methyl sites for hydroxylation is 2. The van der Waals surface area contributed by atoms with E-state index in [0.29, 0.717) is 35.1 Å². The predicted molar refractivity (Wildman–Crippen MR) is 100 cm³/mol. The smallest absolute Gasteiger partial charge is 0.334 e. The SMILES string of the molecule is CCCc1noc(CCCC(=O)NC(CC)(C(=O)O)c2ccc(Cl)cc2)n1. The van der Waals surface area contributed by atoms with Gasteiger partial charge >= 0.3 is 5.97 Å². The normalized spacial score (nSPS) is 13.1. The molecule has 0 saturated carbocycles. The third-order valence-electron chi connectivity index (χ3n) is 4.36. The number of halogens is 1. The number of benzene rings is 1. The molecule has 0 saturated heterocycles. The fourth-order valence-corrected chi connectivity index (χ4v) is 2.97. The van der Waals surface area contributed by atoms with Gasteiger partial charge in [-0.2, -0.15) is 4.98 Å². The van der Waals surface area contributed by atoms with E-state index < -0.39 is 11.5 Å². The van der Waals surface area contributed by atoms with E-state index in [9.17, 15) is 14.7 Å². The van der Waals surface area contributed by atoms with Gasteiger partial charge < -0.3 is 14.9 Å². The number of carbonyl (C=O) groups excluding carboxylic acids is 1. The first-order valence-corrected chi connectivity index (χ1v) is 9.41. The Kier molecular flexibility index (Phi) is 7.36. The molecule has 0 bridgehead atoms. The predicted octanol–water partition coefficient (Wildman–Crippen LogP) is 3.50. The summed E-state index contributed by atoms with van der Waals surface area (Å²) in [4.78, 5) is 28.6. The van der Waals surface area contributed by atoms with Crippen molar-refractivity contribution < 1.29 is 19.2 Å². The molecule has 0 aliphatic heterocycles. The molecule has 1 amide bonds. The van der Waals surface area contributed by atoms with Crippen molar-refractivity contribution in [2.75, 3.05) is 0 Å². The topological polar surface area (TPSA) is 105 Å². The minimum atomic E-state index is -1.49. The number of hydrogen-bond acceptors (Lipinski definition) is 5. The van der Waals surface area contributed by atoms with Gasteiger partial charge in [0.15, 0.2) is 11.4 Å². The van der Waals surface area contributed by atoms with Crippen molar-refractivity contribution in [3.63, 3.8) is 0 Å². The summed E-state index contributed by atoms with van der Waals surface area (Å²) in [5, 5.41) is 16.8. The second-order valence-corrected chi connectivity index (χ2v) is 6.76. The van der Waals surface area contributed by atoms with Gasteiger partial charge in [-0.1, -0.05) is 42.7 Å². The van der Waals surface area contributed by atoms with E-state index in [1.54, 1.807) is 31.2 Å². The zero-order valence-electron chi connectivity index (χ0n) is 15.5. The quantitative estimate of drug-likeness (QED) is 0.639. The second kappa shape index (κ2) is 9.50. The van der Waals surface area contributed by atoms with Gasteiger partial charge in [-0.05, 0) is 37.0 Å². The first kappa shape index (κ1) is 20.9. The summed E-state index contributed by atoms with van der Waals surface area (Å²) in [5.74, 6) is -0.302. The van der Waals surface area contributed by atoms with Crippen molar-refractivity contribution in [3.8, 4) is 0 Å². The number of carboxylic acids is 1. The third kappa shape index (κ3) is 5.29. The van der Waals surface area contributed by atoms with Crippen LogP contribution in [0.2, 0.25) is 5.02 Å². The zero-order valence-corrected chi connectivity index (χ0v) is 16.3. The maximum atomic E-state index is 12.4. The summed E-state index contributed by atoms with van der Waals surface area (Å²) in [5.41, 5.74) is -1.00. The highest BCUT2D eigenvalue weighted by Crippen LogP contribution is 2.27. The lowest BCUT2D eigenvalue weighted by Crippen LogP contribution is -2.51. The van der Waals surface area contributed by atoms with Gasteiger partial charge in [0.2, 0.25) is 11.8 Å². The Balaban J connectivity index is 1.99. The summed E-state index contributed by atoms with van der Waals surface area (Å²) < 4.78 is 5.14. The van der Waals surface area contributed by atoms with E-state index in [1.165, 1.54) is 0 Å². The van der Waals surface area contributed by atoms with Crippen LogP contribution in [-0.2, 0) is 28.0 Å². The molecule has 0 aliphatic carbocycles. The summed E-state index contributed by atoms with van der Waals surface area (Å²) >= 11 is 5.88. The van der Waals surface area contributed by atoms with E-state index in [4.69, 9.17) is 16.1 Å². The molecule has 0 fully saturated rings. The fraction of sp³-hybridized carbons (Fsp3) is 0.474. The third-order valence-corrected chi connectivity index (χ3v) is 4.62. The van der Waals surface area contributed by atoms with Crippen LogP contribution in [0.5, 0.6) is 0 Å². The molecule has 0 aliphatic rings. The minimum absolute atomic E-state index is 0.161. The van der Waals surface area contributed by atoms with Gasteiger partial charge in [0.05, 0.1) is 0 Å². The number of aliphatic carboxylic acids is 1. The minimum Gasteiger partial charge on any atom is -0.479 e. The van der Waals surface area contributed by atoms with E-state index in [-0.39, 0.29) is 18.7 Å². The molecular formula is C19H24ClN3O4. The van der Waals surface area contributed by atoms with E-state index in [1.807, 2.05) is 6.92 Å². The largest absolute Gasteiger partial charge is 0.479 e. The van der Waals surface area contributed by atoms with E-state index >= 15 is 0 Å². The van der Waals surface area contributed by atoms with Crippen LogP contribution in [0.15, 0.2) is 28.8 Å². The summed E-state index contributed by atoms with van der Waals surface area (Å²) in [7, 11) is 0. The molecule has 7 nitrogen and oxygen atoms in total. The van der Waals surface area contributed by atoms with Gasteiger partial charge in [-0.25, -0.2) is 4.79 Å². The zero-order chi connectivity index (χ0) is 19.9. The van der Waals surface area contributed by atoms with Gasteiger partial charge in [0.25, 0.3) is 0 Å². The second-order valence-electron chi connectivity index (χ2n) is 6.33. The molecule has 8 heteroatoms. The molecule has 1 unspecified atom stereocenters. The number of carboxylic acid groups (broad SMARTS) is 1. The molecule has 2 N–H and O–H groups in total. The van der Waals surface area contributed by atoms with Crippen LogP contribution in [-0.4, -0.2) is 27.1 Å². The van der Waals surface area contributed by atoms with Crippen LogP contribution < -0.4 is 5.32 Å². The standard InChI is InChI=1S/C19H24ClN3O4/c1-3-6-15-21-17(27-23-15)8-5-7-16(24)22-19(4-2,18(25)26)13-9-11-14(20)12-10-13/h9-12H,3-8H2,1-2H3,(H,22,24)(H,25,26). The Bertz CT molecular complexity index is 776. The van der Waals surface area contributed by atoms with E-state index in [2.05, 4.69) is 15.5 Å². The lowest BCUT2D eigenvalue weighted by atomic mass is 9.87. The Morgan fingerprint density at radius 2 is 1.93 bits per heavy atom. The first-order chi connectivity index (χ1) is 12.9. The Hall–Kier alpha value is -2.41. The average molecular weight is 394 g/mol. The van der Waals surface area contributed by atoms with Crippen LogP contribution >= 0.6 is 11.6 Å². The maximum absolute atomic E-state index is 12.4. The number of nitrogens with one attached hydrogen (secondary N) is 1. The van der Waals surface area contributed by atoms with Crippen molar-refractivity contribution in [1.29, 1.82) is 0 Å². The first-order valence-electron chi connectivity index (χ1n) is 9.03. The molecule has 1 atom stereocenters. The lowest BCUT2D eigenvalue weighted by molar-refractivity contribution is -0.148. The molecule has 27 heavy (non-hydrogen) atoms. The number of nitrogens with zero attached hydrogens (tertiary/aromatic N) is 2. The molecule has 0 radical (unpaired) electrons. The summed E-state index contributed by atoms with van der Waals surface area (Å²) in [6.45, 7) is 3.75. The molecule has 2 aromatic rings. The van der Waals surface area contributed by atoms with Gasteiger partial charge in [-0.15, -0.1) is 0 Å². The number of hydrogen-bond donors (Lipinski definition) is 2. The van der Waals surface area contributed by atoms with Crippen molar-refractivity contribution in [2.24, 2.45) is 0 Å². The number of rotatable bonds is 10. The van der Waals surface area contributed by atoms with Crippen molar-refractivity contribution in [1.82, 2.24) is 15.5 Å². The van der Waals surface area contributed by atoms with Crippen LogP contribution in [0, 0.1) is 0 Å². The highest BCUT2D eigenvalue weighted by atomic mass is 35.5. The van der Waals surface area contributed by atoms with Gasteiger partial charge in [-0.3, -0.25) is 4.79 Å². The molecular weight excluding hydrogens is 370 g/mol. The van der Waals surface area contributed by atoms with Gasteiger partial charge in [0.1, 0.15) is 0 Å². The lowest BCUT2D eigenvalue weighted by Gasteiger charge is -2.30. The molecule has 1 aromatic carbocycles. The Labute approximate surface area is 163 Å². The van der Waals surface area contributed by atoms with Crippen molar-refractivity contribution >= 4 is 23.5 Å². The van der Waals surface area contributed by atoms with Crippen LogP contribution in [0.25, 0.3) is 0 Å². The van der Waals surface area contributed by atoms with Gasteiger partial charge in [0, 0.05) is 24.3 Å². The summed E-state index contributed by atoms with van der Waals surface area (Å²) in [6.07, 6.45) is 3.01. The van der Waals surface area contributed by atoms with Crippen LogP contribution in [0.4, 0.5) is 0 Å². The monoisotopic (exact) mass is 393 g/mol. The molecule has 0 spiro atoms. The average Bonchev–Trinajstić information content (AvgIpc) is 3.08. The Morgan fingerprint density at radius 3 is 2.52 bits per heavy atom. The van der Waals surface area contributed by atoms with E-state index in [0.717, 1.165) is 12.8 Å². The van der Waals surface area contributed by atoms with Crippen molar-refractivity contribution in [3.05, 3.63) is 46.6 Å². The number of carbonyl (C=O) groups is 2. The molecule has 1 aromatic heterocycles. The highest BCUT2D eigenvalue weighted by molar-refractivity contribution is 6.30. The maximum Gasteiger partial charge on any atom is 0.334 e. The number of aromatic nitrogens is 2.